The van der Waals surface area contributed by atoms with Crippen LogP contribution in [0.15, 0.2) is 48.5 Å². The molecule has 2 rings (SSSR count). The highest BCUT2D eigenvalue weighted by Crippen LogP contribution is 2.24. The van der Waals surface area contributed by atoms with E-state index in [1.165, 1.54) is 11.1 Å². The summed E-state index contributed by atoms with van der Waals surface area (Å²) < 4.78 is 11.7. The minimum Gasteiger partial charge on any atom is -0.493 e. The predicted octanol–water partition coefficient (Wildman–Crippen LogP) is 4.75. The summed E-state index contributed by atoms with van der Waals surface area (Å²) in [6.45, 7) is 8.14. The number of aryl methyl sites for hydroxylation is 1. The molecule has 0 aliphatic heterocycles. The van der Waals surface area contributed by atoms with Crippen LogP contribution in [0.3, 0.4) is 0 Å². The second-order valence-electron chi connectivity index (χ2n) is 6.80. The second kappa shape index (κ2) is 8.00. The lowest BCUT2D eigenvalue weighted by Gasteiger charge is -2.25. The van der Waals surface area contributed by atoms with Gasteiger partial charge < -0.3 is 9.47 Å². The average molecular weight is 326 g/mol. The lowest BCUT2D eigenvalue weighted by Crippen LogP contribution is -2.30. The maximum atomic E-state index is 11.3. The van der Waals surface area contributed by atoms with Crippen LogP contribution in [0.25, 0.3) is 0 Å². The van der Waals surface area contributed by atoms with E-state index in [2.05, 4.69) is 31.2 Å². The summed E-state index contributed by atoms with van der Waals surface area (Å²) in [6.07, 6.45) is 1.27. The highest BCUT2D eigenvalue weighted by Gasteiger charge is 2.21. The first kappa shape index (κ1) is 18.1. The molecule has 0 unspecified atom stereocenters. The number of rotatable bonds is 8. The molecule has 0 N–H and O–H groups in total. The molecular formula is C21H26O3. The van der Waals surface area contributed by atoms with Gasteiger partial charge in [-0.1, -0.05) is 29.8 Å². The van der Waals surface area contributed by atoms with Crippen LogP contribution in [0.4, 0.5) is 0 Å². The van der Waals surface area contributed by atoms with E-state index in [1.54, 1.807) is 6.92 Å². The Morgan fingerprint density at radius 2 is 1.54 bits per heavy atom. The van der Waals surface area contributed by atoms with Crippen LogP contribution in [-0.4, -0.2) is 18.0 Å². The molecule has 3 nitrogen and oxygen atoms in total. The topological polar surface area (TPSA) is 35.5 Å². The molecule has 24 heavy (non-hydrogen) atoms. The number of carbonyl (C=O) groups is 1. The van der Waals surface area contributed by atoms with Crippen molar-refractivity contribution in [2.45, 2.75) is 46.1 Å². The Hall–Kier alpha value is -2.29. The van der Waals surface area contributed by atoms with Gasteiger partial charge in [-0.2, -0.15) is 0 Å². The van der Waals surface area contributed by atoms with Gasteiger partial charge in [0.15, 0.2) is 0 Å². The van der Waals surface area contributed by atoms with Gasteiger partial charge in [0.2, 0.25) is 0 Å². The summed E-state index contributed by atoms with van der Waals surface area (Å²) in [5.41, 5.74) is 2.04. The molecule has 3 heteroatoms. The van der Waals surface area contributed by atoms with Gasteiger partial charge in [0.1, 0.15) is 22.9 Å². The molecular weight excluding hydrogens is 300 g/mol. The van der Waals surface area contributed by atoms with Crippen molar-refractivity contribution < 1.29 is 14.3 Å². The summed E-state index contributed by atoms with van der Waals surface area (Å²) in [5.74, 6) is 1.68. The quantitative estimate of drug-likeness (QED) is 0.702. The van der Waals surface area contributed by atoms with Gasteiger partial charge in [-0.3, -0.25) is 4.79 Å². The standard InChI is InChI=1S/C21H26O3/c1-16-5-7-18(8-6-16)13-14-23-19-9-11-20(12-10-19)24-21(3,4)15-17(2)22/h5-12H,13-15H2,1-4H3. The van der Waals surface area contributed by atoms with Crippen LogP contribution in [0.5, 0.6) is 11.5 Å². The predicted molar refractivity (Wildman–Crippen MR) is 96.8 cm³/mol. The fourth-order valence-corrected chi connectivity index (χ4v) is 2.60. The molecule has 0 radical (unpaired) electrons. The molecule has 0 atom stereocenters. The van der Waals surface area contributed by atoms with Crippen molar-refractivity contribution in [1.29, 1.82) is 0 Å². The first-order chi connectivity index (χ1) is 11.3. The molecule has 2 aromatic carbocycles. The van der Waals surface area contributed by atoms with Crippen LogP contribution < -0.4 is 9.47 Å². The zero-order valence-corrected chi connectivity index (χ0v) is 15.0. The molecule has 0 amide bonds. The van der Waals surface area contributed by atoms with Crippen molar-refractivity contribution >= 4 is 5.78 Å². The third kappa shape index (κ3) is 6.07. The molecule has 0 fully saturated rings. The van der Waals surface area contributed by atoms with E-state index in [9.17, 15) is 4.79 Å². The van der Waals surface area contributed by atoms with Gasteiger partial charge in [-0.25, -0.2) is 0 Å². The molecule has 2 aromatic rings. The monoisotopic (exact) mass is 326 g/mol. The Bertz CT molecular complexity index is 654. The fraction of sp³-hybridized carbons (Fsp3) is 0.381. The smallest absolute Gasteiger partial charge is 0.133 e. The Balaban J connectivity index is 1.83. The maximum Gasteiger partial charge on any atom is 0.133 e. The molecule has 0 saturated carbocycles. The molecule has 0 aliphatic rings. The first-order valence-electron chi connectivity index (χ1n) is 8.31. The SMILES string of the molecule is CC(=O)CC(C)(C)Oc1ccc(OCCc2ccc(C)cc2)cc1. The number of ketones is 1. The molecule has 0 spiro atoms. The van der Waals surface area contributed by atoms with Gasteiger partial charge in [-0.05, 0) is 57.5 Å². The average Bonchev–Trinajstić information content (AvgIpc) is 2.49. The normalized spacial score (nSPS) is 11.2. The van der Waals surface area contributed by atoms with Gasteiger partial charge in [-0.15, -0.1) is 0 Å². The summed E-state index contributed by atoms with van der Waals surface area (Å²) in [7, 11) is 0. The third-order valence-corrected chi connectivity index (χ3v) is 3.67. The van der Waals surface area contributed by atoms with E-state index >= 15 is 0 Å². The van der Waals surface area contributed by atoms with E-state index in [0.717, 1.165) is 17.9 Å². The summed E-state index contributed by atoms with van der Waals surface area (Å²) in [6, 6.07) is 16.0. The fourth-order valence-electron chi connectivity index (χ4n) is 2.60. The van der Waals surface area contributed by atoms with Crippen molar-refractivity contribution in [1.82, 2.24) is 0 Å². The van der Waals surface area contributed by atoms with E-state index in [1.807, 2.05) is 38.1 Å². The number of Topliss-reactive ketones (excluding diaryl/α,β-unsaturated/α-hetero) is 1. The third-order valence-electron chi connectivity index (χ3n) is 3.67. The van der Waals surface area contributed by atoms with Crippen LogP contribution in [0, 0.1) is 6.92 Å². The minimum atomic E-state index is -0.500. The Morgan fingerprint density at radius 3 is 2.12 bits per heavy atom. The Labute approximate surface area is 144 Å². The van der Waals surface area contributed by atoms with Gasteiger partial charge in [0.05, 0.1) is 6.61 Å². The molecule has 128 valence electrons. The van der Waals surface area contributed by atoms with Crippen molar-refractivity contribution in [2.24, 2.45) is 0 Å². The zero-order valence-electron chi connectivity index (χ0n) is 15.0. The maximum absolute atomic E-state index is 11.3. The van der Waals surface area contributed by atoms with Crippen molar-refractivity contribution in [3.63, 3.8) is 0 Å². The summed E-state index contributed by atoms with van der Waals surface area (Å²) in [5, 5.41) is 0. The van der Waals surface area contributed by atoms with E-state index in [0.29, 0.717) is 13.0 Å². The molecule has 0 saturated heterocycles. The highest BCUT2D eigenvalue weighted by molar-refractivity contribution is 5.76. The molecule has 0 aliphatic carbocycles. The van der Waals surface area contributed by atoms with Crippen molar-refractivity contribution in [3.05, 3.63) is 59.7 Å². The number of hydrogen-bond acceptors (Lipinski definition) is 3. The Morgan fingerprint density at radius 1 is 0.958 bits per heavy atom. The summed E-state index contributed by atoms with van der Waals surface area (Å²) in [4.78, 5) is 11.3. The molecule has 0 bridgehead atoms. The van der Waals surface area contributed by atoms with Crippen molar-refractivity contribution in [3.8, 4) is 11.5 Å². The summed E-state index contributed by atoms with van der Waals surface area (Å²) >= 11 is 0. The highest BCUT2D eigenvalue weighted by atomic mass is 16.5. The molecule has 0 aromatic heterocycles. The van der Waals surface area contributed by atoms with Gasteiger partial charge in [0.25, 0.3) is 0 Å². The number of benzene rings is 2. The van der Waals surface area contributed by atoms with Gasteiger partial charge in [0, 0.05) is 12.8 Å². The Kier molecular flexibility index (Phi) is 6.02. The zero-order chi connectivity index (χ0) is 17.6. The van der Waals surface area contributed by atoms with E-state index < -0.39 is 5.60 Å². The van der Waals surface area contributed by atoms with E-state index in [-0.39, 0.29) is 5.78 Å². The van der Waals surface area contributed by atoms with Crippen LogP contribution in [0.2, 0.25) is 0 Å². The van der Waals surface area contributed by atoms with Crippen LogP contribution in [0.1, 0.15) is 38.3 Å². The van der Waals surface area contributed by atoms with Gasteiger partial charge >= 0.3 is 0 Å². The second-order valence-corrected chi connectivity index (χ2v) is 6.80. The minimum absolute atomic E-state index is 0.121. The van der Waals surface area contributed by atoms with E-state index in [4.69, 9.17) is 9.47 Å². The molecule has 0 heterocycles. The lowest BCUT2D eigenvalue weighted by molar-refractivity contribution is -0.120. The lowest BCUT2D eigenvalue weighted by atomic mass is 10.0. The largest absolute Gasteiger partial charge is 0.493 e. The number of ether oxygens (including phenoxy) is 2. The number of hydrogen-bond donors (Lipinski definition) is 0. The van der Waals surface area contributed by atoms with Crippen molar-refractivity contribution in [2.75, 3.05) is 6.61 Å². The number of carbonyl (C=O) groups excluding carboxylic acids is 1. The van der Waals surface area contributed by atoms with Crippen LogP contribution >= 0.6 is 0 Å². The first-order valence-corrected chi connectivity index (χ1v) is 8.31. The van der Waals surface area contributed by atoms with Crippen LogP contribution in [-0.2, 0) is 11.2 Å².